The van der Waals surface area contributed by atoms with Gasteiger partial charge in [0.1, 0.15) is 0 Å². The zero-order valence-electron chi connectivity index (χ0n) is 12.1. The van der Waals surface area contributed by atoms with Crippen LogP contribution in [0.25, 0.3) is 0 Å². The van der Waals surface area contributed by atoms with Crippen LogP contribution in [0.2, 0.25) is 4.34 Å². The van der Waals surface area contributed by atoms with Gasteiger partial charge in [0.05, 0.1) is 4.34 Å². The Morgan fingerprint density at radius 3 is 3.05 bits per heavy atom. The van der Waals surface area contributed by atoms with Gasteiger partial charge in [0.25, 0.3) is 0 Å². The fourth-order valence-corrected chi connectivity index (χ4v) is 4.51. The molecule has 1 aromatic heterocycles. The number of carbonyl (C=O) groups is 1. The first-order valence-electron chi connectivity index (χ1n) is 7.75. The van der Waals surface area contributed by atoms with E-state index in [1.165, 1.54) is 30.7 Å². The number of fused-ring (bicyclic) bond motifs is 1. The Kier molecular flexibility index (Phi) is 5.03. The van der Waals surface area contributed by atoms with Crippen LogP contribution < -0.4 is 10.6 Å². The molecular weight excluding hydrogens is 306 g/mol. The van der Waals surface area contributed by atoms with Gasteiger partial charge in [-0.3, -0.25) is 4.90 Å². The van der Waals surface area contributed by atoms with Gasteiger partial charge < -0.3 is 10.6 Å². The quantitative estimate of drug-likeness (QED) is 0.893. The number of nitrogens with zero attached hydrogens (tertiary/aromatic N) is 1. The third-order valence-corrected chi connectivity index (χ3v) is 5.75. The minimum atomic E-state index is -0.0323. The minimum absolute atomic E-state index is 0.0323. The summed E-state index contributed by atoms with van der Waals surface area (Å²) in [6.07, 6.45) is 5.74. The summed E-state index contributed by atoms with van der Waals surface area (Å²) in [5, 5.41) is 6.11. The number of carbonyl (C=O) groups excluding carboxylic acids is 1. The van der Waals surface area contributed by atoms with Gasteiger partial charge in [-0.05, 0) is 44.4 Å². The van der Waals surface area contributed by atoms with Crippen molar-refractivity contribution in [2.24, 2.45) is 0 Å². The fourth-order valence-electron chi connectivity index (χ4n) is 3.42. The molecule has 116 valence electrons. The van der Waals surface area contributed by atoms with Crippen LogP contribution in [-0.4, -0.2) is 42.6 Å². The third kappa shape index (κ3) is 3.90. The Balaban J connectivity index is 1.40. The smallest absolute Gasteiger partial charge is 0.315 e. The summed E-state index contributed by atoms with van der Waals surface area (Å²) in [7, 11) is 0. The maximum atomic E-state index is 12.0. The van der Waals surface area contributed by atoms with E-state index < -0.39 is 0 Å². The highest BCUT2D eigenvalue weighted by Gasteiger charge is 2.36. The summed E-state index contributed by atoms with van der Waals surface area (Å²) in [5.41, 5.74) is 0. The standard InChI is InChI=1S/C15H22ClN3OS/c16-14-5-4-11(21-14)6-8-17-15(20)18-12-7-10-19-9-2-1-3-13(12)19/h4-5,12-13H,1-3,6-10H2,(H2,17,18,20)/t12-,13-/m0/s1. The molecule has 3 rings (SSSR count). The first-order valence-corrected chi connectivity index (χ1v) is 8.94. The van der Waals surface area contributed by atoms with Crippen molar-refractivity contribution >= 4 is 29.0 Å². The molecule has 0 saturated carbocycles. The van der Waals surface area contributed by atoms with Gasteiger partial charge in [0.2, 0.25) is 0 Å². The third-order valence-electron chi connectivity index (χ3n) is 4.46. The lowest BCUT2D eigenvalue weighted by atomic mass is 9.99. The second-order valence-electron chi connectivity index (χ2n) is 5.85. The van der Waals surface area contributed by atoms with Crippen LogP contribution in [-0.2, 0) is 6.42 Å². The van der Waals surface area contributed by atoms with Crippen molar-refractivity contribution in [1.29, 1.82) is 0 Å². The second kappa shape index (κ2) is 6.99. The average Bonchev–Trinajstić information content (AvgIpc) is 3.06. The van der Waals surface area contributed by atoms with E-state index in [2.05, 4.69) is 15.5 Å². The molecule has 2 atom stereocenters. The van der Waals surface area contributed by atoms with Crippen LogP contribution in [0.3, 0.4) is 0 Å². The molecule has 2 aliphatic rings. The molecule has 0 bridgehead atoms. The fraction of sp³-hybridized carbons (Fsp3) is 0.667. The number of halogens is 1. The number of amides is 2. The molecule has 0 aromatic carbocycles. The minimum Gasteiger partial charge on any atom is -0.338 e. The van der Waals surface area contributed by atoms with E-state index in [0.717, 1.165) is 23.7 Å². The van der Waals surface area contributed by atoms with E-state index in [1.807, 2.05) is 12.1 Å². The number of piperidine rings is 1. The highest BCUT2D eigenvalue weighted by atomic mass is 35.5. The van der Waals surface area contributed by atoms with E-state index in [-0.39, 0.29) is 6.03 Å². The molecule has 2 fully saturated rings. The summed E-state index contributed by atoms with van der Waals surface area (Å²) in [6, 6.07) is 4.76. The van der Waals surface area contributed by atoms with E-state index in [9.17, 15) is 4.79 Å². The van der Waals surface area contributed by atoms with Crippen molar-refractivity contribution < 1.29 is 4.79 Å². The molecule has 1 aromatic rings. The number of hydrogen-bond acceptors (Lipinski definition) is 3. The topological polar surface area (TPSA) is 44.4 Å². The Morgan fingerprint density at radius 1 is 1.33 bits per heavy atom. The van der Waals surface area contributed by atoms with Crippen molar-refractivity contribution in [2.75, 3.05) is 19.6 Å². The monoisotopic (exact) mass is 327 g/mol. The first-order chi connectivity index (χ1) is 10.2. The number of rotatable bonds is 4. The zero-order valence-corrected chi connectivity index (χ0v) is 13.7. The van der Waals surface area contributed by atoms with Gasteiger partial charge in [-0.15, -0.1) is 11.3 Å². The predicted molar refractivity (Wildman–Crippen MR) is 87.2 cm³/mol. The molecular formula is C15H22ClN3OS. The summed E-state index contributed by atoms with van der Waals surface area (Å²) in [5.74, 6) is 0. The summed E-state index contributed by atoms with van der Waals surface area (Å²) < 4.78 is 0.804. The van der Waals surface area contributed by atoms with E-state index >= 15 is 0 Å². The highest BCUT2D eigenvalue weighted by Crippen LogP contribution is 2.27. The van der Waals surface area contributed by atoms with Crippen LogP contribution in [0.1, 0.15) is 30.6 Å². The van der Waals surface area contributed by atoms with Crippen LogP contribution in [0.15, 0.2) is 12.1 Å². The molecule has 3 heterocycles. The van der Waals surface area contributed by atoms with Gasteiger partial charge in [-0.25, -0.2) is 4.79 Å². The van der Waals surface area contributed by atoms with Gasteiger partial charge in [-0.2, -0.15) is 0 Å². The Labute approximate surface area is 134 Å². The van der Waals surface area contributed by atoms with Crippen molar-refractivity contribution in [3.63, 3.8) is 0 Å². The van der Waals surface area contributed by atoms with E-state index in [0.29, 0.717) is 18.6 Å². The molecule has 0 radical (unpaired) electrons. The van der Waals surface area contributed by atoms with Gasteiger partial charge in [0.15, 0.2) is 0 Å². The van der Waals surface area contributed by atoms with Gasteiger partial charge in [0, 0.05) is 30.1 Å². The first kappa shape index (κ1) is 15.1. The molecule has 6 heteroatoms. The Morgan fingerprint density at radius 2 is 2.24 bits per heavy atom. The highest BCUT2D eigenvalue weighted by molar-refractivity contribution is 7.16. The molecule has 0 spiro atoms. The lowest BCUT2D eigenvalue weighted by Crippen LogP contribution is -2.49. The van der Waals surface area contributed by atoms with Crippen LogP contribution in [0.4, 0.5) is 4.79 Å². The molecule has 2 amide bonds. The van der Waals surface area contributed by atoms with Crippen LogP contribution >= 0.6 is 22.9 Å². The van der Waals surface area contributed by atoms with E-state index in [1.54, 1.807) is 11.3 Å². The SMILES string of the molecule is O=C(NCCc1ccc(Cl)s1)N[C@H]1CCN2CCCC[C@@H]12. The van der Waals surface area contributed by atoms with Crippen molar-refractivity contribution in [2.45, 2.75) is 44.2 Å². The largest absolute Gasteiger partial charge is 0.338 e. The number of urea groups is 1. The molecule has 0 unspecified atom stereocenters. The maximum Gasteiger partial charge on any atom is 0.315 e. The zero-order chi connectivity index (χ0) is 14.7. The number of hydrogen-bond donors (Lipinski definition) is 2. The van der Waals surface area contributed by atoms with Gasteiger partial charge in [-0.1, -0.05) is 18.0 Å². The van der Waals surface area contributed by atoms with Gasteiger partial charge >= 0.3 is 6.03 Å². The summed E-state index contributed by atoms with van der Waals surface area (Å²) in [4.78, 5) is 15.7. The average molecular weight is 328 g/mol. The summed E-state index contributed by atoms with van der Waals surface area (Å²) >= 11 is 7.47. The Bertz CT molecular complexity index is 493. The lowest BCUT2D eigenvalue weighted by molar-refractivity contribution is 0.179. The van der Waals surface area contributed by atoms with Crippen LogP contribution in [0.5, 0.6) is 0 Å². The number of nitrogens with one attached hydrogen (secondary N) is 2. The number of thiophene rings is 1. The normalized spacial score (nSPS) is 25.6. The molecule has 21 heavy (non-hydrogen) atoms. The van der Waals surface area contributed by atoms with Crippen molar-refractivity contribution in [3.8, 4) is 0 Å². The Hall–Kier alpha value is -0.780. The van der Waals surface area contributed by atoms with E-state index in [4.69, 9.17) is 11.6 Å². The lowest BCUT2D eigenvalue weighted by Gasteiger charge is -2.32. The maximum absolute atomic E-state index is 12.0. The molecule has 0 aliphatic carbocycles. The van der Waals surface area contributed by atoms with Crippen molar-refractivity contribution in [3.05, 3.63) is 21.3 Å². The molecule has 2 N–H and O–H groups in total. The predicted octanol–water partition coefficient (Wildman–Crippen LogP) is 2.87. The molecule has 4 nitrogen and oxygen atoms in total. The second-order valence-corrected chi connectivity index (χ2v) is 7.65. The van der Waals surface area contributed by atoms with Crippen molar-refractivity contribution in [1.82, 2.24) is 15.5 Å². The molecule has 2 aliphatic heterocycles. The van der Waals surface area contributed by atoms with Crippen LogP contribution in [0, 0.1) is 0 Å². The molecule has 2 saturated heterocycles. The summed E-state index contributed by atoms with van der Waals surface area (Å²) in [6.45, 7) is 2.98.